The lowest BCUT2D eigenvalue weighted by atomic mass is 10.0. The van der Waals surface area contributed by atoms with Crippen LogP contribution < -0.4 is 10.9 Å². The van der Waals surface area contributed by atoms with E-state index in [0.717, 1.165) is 27.7 Å². The first-order valence-corrected chi connectivity index (χ1v) is 8.51. The highest BCUT2D eigenvalue weighted by molar-refractivity contribution is 6.30. The molecule has 2 N–H and O–H groups in total. The maximum Gasteiger partial charge on any atom is 0.248 e. The summed E-state index contributed by atoms with van der Waals surface area (Å²) >= 11 is 5.94. The molecule has 0 saturated carbocycles. The average molecular weight is 363 g/mol. The molecule has 0 atom stereocenters. The fraction of sp³-hybridized carbons (Fsp3) is 0.0500. The molecule has 26 heavy (non-hydrogen) atoms. The van der Waals surface area contributed by atoms with Gasteiger partial charge in [-0.2, -0.15) is 5.10 Å². The van der Waals surface area contributed by atoms with Crippen LogP contribution in [0.25, 0.3) is 10.8 Å². The van der Waals surface area contributed by atoms with Gasteiger partial charge in [0, 0.05) is 40.2 Å². The van der Waals surface area contributed by atoms with E-state index in [1.807, 2.05) is 54.6 Å². The number of nitrogens with one attached hydrogen (secondary N) is 2. The SMILES string of the molecule is O=c1cc(Cc2nnc(Nc3ccc(Cl)cc3)c3ccccc23)cc[nH]1. The van der Waals surface area contributed by atoms with Gasteiger partial charge >= 0.3 is 0 Å². The molecule has 0 aliphatic rings. The van der Waals surface area contributed by atoms with Crippen molar-refractivity contribution in [3.05, 3.63) is 93.5 Å². The number of fused-ring (bicyclic) bond motifs is 1. The molecular formula is C20H15ClN4O. The number of anilines is 2. The first kappa shape index (κ1) is 16.3. The van der Waals surface area contributed by atoms with Gasteiger partial charge < -0.3 is 10.3 Å². The van der Waals surface area contributed by atoms with Crippen LogP contribution >= 0.6 is 11.6 Å². The minimum absolute atomic E-state index is 0.124. The van der Waals surface area contributed by atoms with Crippen molar-refractivity contribution in [2.45, 2.75) is 6.42 Å². The van der Waals surface area contributed by atoms with E-state index in [4.69, 9.17) is 11.6 Å². The Balaban J connectivity index is 1.73. The molecule has 0 unspecified atom stereocenters. The molecule has 2 aromatic heterocycles. The van der Waals surface area contributed by atoms with Crippen LogP contribution in [0.15, 0.2) is 71.7 Å². The smallest absolute Gasteiger partial charge is 0.248 e. The molecule has 2 heterocycles. The van der Waals surface area contributed by atoms with Gasteiger partial charge in [0.2, 0.25) is 5.56 Å². The normalized spacial score (nSPS) is 10.8. The molecule has 2 aromatic carbocycles. The molecular weight excluding hydrogens is 348 g/mol. The zero-order valence-electron chi connectivity index (χ0n) is 13.7. The number of aromatic amines is 1. The van der Waals surface area contributed by atoms with Crippen LogP contribution in [-0.4, -0.2) is 15.2 Å². The number of benzene rings is 2. The number of halogens is 1. The van der Waals surface area contributed by atoms with Gasteiger partial charge in [-0.3, -0.25) is 4.79 Å². The average Bonchev–Trinajstić information content (AvgIpc) is 2.65. The van der Waals surface area contributed by atoms with Gasteiger partial charge in [-0.25, -0.2) is 0 Å². The minimum atomic E-state index is -0.124. The predicted molar refractivity (Wildman–Crippen MR) is 104 cm³/mol. The number of hydrogen-bond acceptors (Lipinski definition) is 4. The molecule has 4 aromatic rings. The number of rotatable bonds is 4. The van der Waals surface area contributed by atoms with Crippen molar-refractivity contribution in [1.29, 1.82) is 0 Å². The van der Waals surface area contributed by atoms with Crippen molar-refractivity contribution >= 4 is 33.9 Å². The lowest BCUT2D eigenvalue weighted by molar-refractivity contribution is 0.958. The molecule has 0 aliphatic heterocycles. The van der Waals surface area contributed by atoms with Crippen LogP contribution in [0.4, 0.5) is 11.5 Å². The summed E-state index contributed by atoms with van der Waals surface area (Å²) in [6.07, 6.45) is 2.18. The van der Waals surface area contributed by atoms with E-state index in [0.29, 0.717) is 17.3 Å². The quantitative estimate of drug-likeness (QED) is 0.567. The largest absolute Gasteiger partial charge is 0.338 e. The molecule has 0 amide bonds. The van der Waals surface area contributed by atoms with Gasteiger partial charge in [-0.05, 0) is 35.9 Å². The lowest BCUT2D eigenvalue weighted by Crippen LogP contribution is -2.06. The van der Waals surface area contributed by atoms with Crippen molar-refractivity contribution in [2.75, 3.05) is 5.32 Å². The summed E-state index contributed by atoms with van der Waals surface area (Å²) in [7, 11) is 0. The van der Waals surface area contributed by atoms with Crippen LogP contribution in [0.5, 0.6) is 0 Å². The Morgan fingerprint density at radius 3 is 2.50 bits per heavy atom. The molecule has 4 rings (SSSR count). The van der Waals surface area contributed by atoms with E-state index < -0.39 is 0 Å². The fourth-order valence-corrected chi connectivity index (χ4v) is 2.97. The zero-order chi connectivity index (χ0) is 17.9. The second-order valence-electron chi connectivity index (χ2n) is 5.91. The monoisotopic (exact) mass is 362 g/mol. The van der Waals surface area contributed by atoms with Gasteiger partial charge in [-0.15, -0.1) is 5.10 Å². The fourth-order valence-electron chi connectivity index (χ4n) is 2.84. The van der Waals surface area contributed by atoms with Crippen LogP contribution in [0.3, 0.4) is 0 Å². The lowest BCUT2D eigenvalue weighted by Gasteiger charge is -2.11. The summed E-state index contributed by atoms with van der Waals surface area (Å²) in [6.45, 7) is 0. The van der Waals surface area contributed by atoms with Crippen LogP contribution in [0.1, 0.15) is 11.3 Å². The number of H-pyrrole nitrogens is 1. The van der Waals surface area contributed by atoms with E-state index >= 15 is 0 Å². The summed E-state index contributed by atoms with van der Waals surface area (Å²) in [5.41, 5.74) is 2.48. The Morgan fingerprint density at radius 1 is 0.962 bits per heavy atom. The second kappa shape index (κ2) is 6.98. The van der Waals surface area contributed by atoms with Crippen LogP contribution in [0, 0.1) is 0 Å². The van der Waals surface area contributed by atoms with Gasteiger partial charge in [0.25, 0.3) is 0 Å². The van der Waals surface area contributed by atoms with Gasteiger partial charge in [0.1, 0.15) is 0 Å². The van der Waals surface area contributed by atoms with Crippen molar-refractivity contribution in [2.24, 2.45) is 0 Å². The van der Waals surface area contributed by atoms with E-state index in [2.05, 4.69) is 20.5 Å². The Hall–Kier alpha value is -3.18. The summed E-state index contributed by atoms with van der Waals surface area (Å²) in [4.78, 5) is 14.1. The Morgan fingerprint density at radius 2 is 1.73 bits per heavy atom. The Bertz CT molecular complexity index is 1120. The first-order chi connectivity index (χ1) is 12.7. The summed E-state index contributed by atoms with van der Waals surface area (Å²) in [6, 6.07) is 18.8. The topological polar surface area (TPSA) is 70.7 Å². The van der Waals surface area contributed by atoms with Crippen LogP contribution in [0.2, 0.25) is 5.02 Å². The molecule has 0 saturated heterocycles. The van der Waals surface area contributed by atoms with E-state index in [1.165, 1.54) is 0 Å². The van der Waals surface area contributed by atoms with E-state index in [9.17, 15) is 4.79 Å². The third-order valence-corrected chi connectivity index (χ3v) is 4.33. The standard InChI is InChI=1S/C20H15ClN4O/c21-14-5-7-15(8-6-14)23-20-17-4-2-1-3-16(17)18(24-25-20)11-13-9-10-22-19(26)12-13/h1-10,12H,11H2,(H,22,26)(H,23,25). The highest BCUT2D eigenvalue weighted by atomic mass is 35.5. The number of hydrogen-bond donors (Lipinski definition) is 2. The number of nitrogens with zero attached hydrogens (tertiary/aromatic N) is 2. The molecule has 0 aliphatic carbocycles. The van der Waals surface area contributed by atoms with Crippen molar-refractivity contribution < 1.29 is 0 Å². The molecule has 128 valence electrons. The van der Waals surface area contributed by atoms with E-state index in [1.54, 1.807) is 12.3 Å². The summed E-state index contributed by atoms with van der Waals surface area (Å²) in [5.74, 6) is 0.678. The molecule has 5 nitrogen and oxygen atoms in total. The first-order valence-electron chi connectivity index (χ1n) is 8.13. The molecule has 6 heteroatoms. The third-order valence-electron chi connectivity index (χ3n) is 4.08. The summed E-state index contributed by atoms with van der Waals surface area (Å²) in [5, 5.41) is 14.7. The molecule has 0 bridgehead atoms. The Kier molecular flexibility index (Phi) is 4.37. The minimum Gasteiger partial charge on any atom is -0.338 e. The van der Waals surface area contributed by atoms with Crippen molar-refractivity contribution in [1.82, 2.24) is 15.2 Å². The second-order valence-corrected chi connectivity index (χ2v) is 6.35. The predicted octanol–water partition coefficient (Wildman–Crippen LogP) is 4.31. The van der Waals surface area contributed by atoms with Crippen LogP contribution in [-0.2, 0) is 6.42 Å². The summed E-state index contributed by atoms with van der Waals surface area (Å²) < 4.78 is 0. The zero-order valence-corrected chi connectivity index (χ0v) is 14.5. The van der Waals surface area contributed by atoms with Crippen molar-refractivity contribution in [3.63, 3.8) is 0 Å². The highest BCUT2D eigenvalue weighted by Crippen LogP contribution is 2.27. The highest BCUT2D eigenvalue weighted by Gasteiger charge is 2.10. The third kappa shape index (κ3) is 3.43. The molecule has 0 fully saturated rings. The maximum absolute atomic E-state index is 11.5. The molecule has 0 spiro atoms. The van der Waals surface area contributed by atoms with E-state index in [-0.39, 0.29) is 5.56 Å². The maximum atomic E-state index is 11.5. The van der Waals surface area contributed by atoms with Crippen molar-refractivity contribution in [3.8, 4) is 0 Å². The van der Waals surface area contributed by atoms with Gasteiger partial charge in [0.05, 0.1) is 5.69 Å². The van der Waals surface area contributed by atoms with Gasteiger partial charge in [-0.1, -0.05) is 35.9 Å². The van der Waals surface area contributed by atoms with Gasteiger partial charge in [0.15, 0.2) is 5.82 Å². The Labute approximate surface area is 154 Å². The molecule has 0 radical (unpaired) electrons. The number of aromatic nitrogens is 3. The number of pyridine rings is 1.